The Balaban J connectivity index is 0.00000380. The van der Waals surface area contributed by atoms with E-state index in [-0.39, 0.29) is 37.1 Å². The molecule has 5 N–H and O–H groups in total. The van der Waals surface area contributed by atoms with E-state index in [9.17, 15) is 15.3 Å². The molecule has 3 fully saturated rings. The molecule has 0 spiro atoms. The van der Waals surface area contributed by atoms with Gasteiger partial charge in [0.15, 0.2) is 0 Å². The van der Waals surface area contributed by atoms with Crippen molar-refractivity contribution in [2.75, 3.05) is 13.2 Å². The minimum absolute atomic E-state index is 0. The lowest BCUT2D eigenvalue weighted by molar-refractivity contribution is -0.0622. The highest BCUT2D eigenvalue weighted by Crippen LogP contribution is 2.69. The van der Waals surface area contributed by atoms with Crippen LogP contribution in [0.25, 0.3) is 0 Å². The first-order valence-corrected chi connectivity index (χ1v) is 15.4. The van der Waals surface area contributed by atoms with Gasteiger partial charge in [-0.15, -0.1) is 12.4 Å². The molecule has 0 amide bonds. The van der Waals surface area contributed by atoms with Crippen LogP contribution < -0.4 is 5.73 Å². The average Bonchev–Trinajstić information content (AvgIpc) is 3.16. The van der Waals surface area contributed by atoms with Crippen molar-refractivity contribution >= 4 is 12.4 Å². The summed E-state index contributed by atoms with van der Waals surface area (Å²) >= 11 is 0. The van der Waals surface area contributed by atoms with Gasteiger partial charge in [0.25, 0.3) is 0 Å². The fraction of sp³-hybridized carbons (Fsp3) is 0.938. The van der Waals surface area contributed by atoms with Gasteiger partial charge in [-0.2, -0.15) is 0 Å². The van der Waals surface area contributed by atoms with E-state index in [1.54, 1.807) is 0 Å². The van der Waals surface area contributed by atoms with E-state index in [4.69, 9.17) is 5.73 Å². The normalized spacial score (nSPS) is 38.6. The summed E-state index contributed by atoms with van der Waals surface area (Å²) < 4.78 is 0. The van der Waals surface area contributed by atoms with E-state index in [0.29, 0.717) is 30.1 Å². The molecular weight excluding hydrogens is 482 g/mol. The molecule has 0 saturated heterocycles. The lowest BCUT2D eigenvalue weighted by atomic mass is 9.44. The summed E-state index contributed by atoms with van der Waals surface area (Å²) in [6.45, 7) is 12.4. The second-order valence-electron chi connectivity index (χ2n) is 14.5. The van der Waals surface area contributed by atoms with E-state index in [1.807, 2.05) is 0 Å². The van der Waals surface area contributed by atoms with Crippen molar-refractivity contribution in [2.45, 2.75) is 130 Å². The Morgan fingerprint density at radius 1 is 0.919 bits per heavy atom. The Labute approximate surface area is 233 Å². The highest BCUT2D eigenvalue weighted by Gasteiger charge is 2.61. The zero-order valence-corrected chi connectivity index (χ0v) is 25.3. The predicted octanol–water partition coefficient (Wildman–Crippen LogP) is 6.64. The number of halogens is 1. The molecule has 0 aliphatic heterocycles. The molecule has 0 aromatic rings. The van der Waals surface area contributed by atoms with Crippen LogP contribution in [0.5, 0.6) is 0 Å². The maximum absolute atomic E-state index is 10.7. The molecule has 37 heavy (non-hydrogen) atoms. The third-order valence-electron chi connectivity index (χ3n) is 12.1. The number of aliphatic hydroxyl groups excluding tert-OH is 3. The number of hydrogen-bond donors (Lipinski definition) is 4. The number of nitrogens with two attached hydrogens (primary N) is 1. The van der Waals surface area contributed by atoms with Crippen LogP contribution in [0, 0.1) is 46.3 Å². The lowest BCUT2D eigenvalue weighted by Gasteiger charge is -2.61. The molecule has 0 bridgehead atoms. The smallest absolute Gasteiger partial charge is 0.0578 e. The molecule has 0 heterocycles. The monoisotopic (exact) mass is 539 g/mol. The Morgan fingerprint density at radius 3 is 2.22 bits per heavy atom. The average molecular weight is 540 g/mol. The second kappa shape index (κ2) is 12.2. The largest absolute Gasteiger partial charge is 0.396 e. The number of aliphatic hydroxyl groups is 3. The summed E-state index contributed by atoms with van der Waals surface area (Å²) in [6.07, 6.45) is 13.8. The molecule has 4 nitrogen and oxygen atoms in total. The maximum Gasteiger partial charge on any atom is 0.0578 e. The Morgan fingerprint density at radius 2 is 1.59 bits per heavy atom. The Hall–Kier alpha value is -0.130. The molecule has 0 unspecified atom stereocenters. The van der Waals surface area contributed by atoms with Crippen LogP contribution >= 0.6 is 12.4 Å². The predicted molar refractivity (Wildman–Crippen MR) is 156 cm³/mol. The van der Waals surface area contributed by atoms with Gasteiger partial charge in [-0.05, 0) is 111 Å². The maximum atomic E-state index is 10.7. The third kappa shape index (κ3) is 5.71. The van der Waals surface area contributed by atoms with Gasteiger partial charge in [-0.3, -0.25) is 0 Å². The zero-order chi connectivity index (χ0) is 26.3. The van der Waals surface area contributed by atoms with Crippen molar-refractivity contribution in [3.05, 3.63) is 11.1 Å². The van der Waals surface area contributed by atoms with E-state index in [0.717, 1.165) is 49.4 Å². The summed E-state index contributed by atoms with van der Waals surface area (Å²) in [5, 5.41) is 30.6. The highest BCUT2D eigenvalue weighted by atomic mass is 35.5. The summed E-state index contributed by atoms with van der Waals surface area (Å²) in [7, 11) is 0. The topological polar surface area (TPSA) is 86.7 Å². The standard InChI is InChI=1S/C32H57NO3.ClH/c1-21(2)7-6-8-22(3)25-9-10-26-24-20-29(32(33,15-17-34)16-18-35)28-19-23(36)11-13-31(28,5)27(24)12-14-30(25,26)4;/h21-27,34-36H,6-20,33H2,1-5H3;1H/t22-,23+,24+,25-,26+,27+,30-,31-;/m1./s1. The van der Waals surface area contributed by atoms with Gasteiger partial charge in [0.2, 0.25) is 0 Å². The molecule has 8 atom stereocenters. The Kier molecular flexibility index (Phi) is 10.3. The number of hydrogen-bond acceptors (Lipinski definition) is 4. The van der Waals surface area contributed by atoms with Crippen LogP contribution in [0.15, 0.2) is 11.1 Å². The second-order valence-corrected chi connectivity index (χ2v) is 14.5. The molecular formula is C32H58ClNO3. The Bertz CT molecular complexity index is 793. The first-order valence-electron chi connectivity index (χ1n) is 15.4. The molecule has 4 aliphatic carbocycles. The molecule has 216 valence electrons. The molecule has 0 aromatic heterocycles. The van der Waals surface area contributed by atoms with Gasteiger partial charge < -0.3 is 21.1 Å². The van der Waals surface area contributed by atoms with E-state index in [1.165, 1.54) is 56.1 Å². The highest BCUT2D eigenvalue weighted by molar-refractivity contribution is 5.85. The van der Waals surface area contributed by atoms with Crippen molar-refractivity contribution in [1.29, 1.82) is 0 Å². The molecule has 0 aromatic carbocycles. The minimum atomic E-state index is -0.669. The van der Waals surface area contributed by atoms with Crippen LogP contribution in [0.4, 0.5) is 0 Å². The van der Waals surface area contributed by atoms with Crippen molar-refractivity contribution in [1.82, 2.24) is 0 Å². The molecule has 0 radical (unpaired) electrons. The number of fused-ring (bicyclic) bond motifs is 5. The summed E-state index contributed by atoms with van der Waals surface area (Å²) in [5.41, 5.74) is 9.62. The fourth-order valence-electron chi connectivity index (χ4n) is 10.1. The van der Waals surface area contributed by atoms with E-state index < -0.39 is 5.54 Å². The van der Waals surface area contributed by atoms with Crippen molar-refractivity contribution < 1.29 is 15.3 Å². The van der Waals surface area contributed by atoms with Crippen LogP contribution in [0.1, 0.15) is 118 Å². The minimum Gasteiger partial charge on any atom is -0.396 e. The molecule has 5 heteroatoms. The summed E-state index contributed by atoms with van der Waals surface area (Å²) in [6, 6.07) is 0. The van der Waals surface area contributed by atoms with Gasteiger partial charge in [-0.1, -0.05) is 65.0 Å². The van der Waals surface area contributed by atoms with E-state index in [2.05, 4.69) is 34.6 Å². The molecule has 3 saturated carbocycles. The van der Waals surface area contributed by atoms with Crippen LogP contribution in [-0.2, 0) is 0 Å². The van der Waals surface area contributed by atoms with Crippen LogP contribution in [-0.4, -0.2) is 40.2 Å². The van der Waals surface area contributed by atoms with Crippen molar-refractivity contribution in [3.63, 3.8) is 0 Å². The van der Waals surface area contributed by atoms with Gasteiger partial charge in [0.1, 0.15) is 0 Å². The summed E-state index contributed by atoms with van der Waals surface area (Å²) in [4.78, 5) is 0. The van der Waals surface area contributed by atoms with Gasteiger partial charge in [-0.25, -0.2) is 0 Å². The summed E-state index contributed by atoms with van der Waals surface area (Å²) in [5.74, 6) is 4.46. The van der Waals surface area contributed by atoms with Gasteiger partial charge in [0.05, 0.1) is 6.10 Å². The first kappa shape index (κ1) is 31.4. The SMILES string of the molecule is CC(C)CCC[C@@H](C)[C@H]1CC[C@H]2[C@@H]3CC(C(N)(CCO)CCO)=C4C[C@@H](O)CC[C@]4(C)[C@H]3CC[C@]12C.Cl. The number of rotatable bonds is 10. The van der Waals surface area contributed by atoms with Crippen molar-refractivity contribution in [2.24, 2.45) is 52.1 Å². The quantitative estimate of drug-likeness (QED) is 0.234. The first-order chi connectivity index (χ1) is 17.0. The van der Waals surface area contributed by atoms with Crippen molar-refractivity contribution in [3.8, 4) is 0 Å². The zero-order valence-electron chi connectivity index (χ0n) is 24.5. The molecule has 4 rings (SSSR count). The third-order valence-corrected chi connectivity index (χ3v) is 12.1. The van der Waals surface area contributed by atoms with Gasteiger partial charge >= 0.3 is 0 Å². The van der Waals surface area contributed by atoms with Crippen LogP contribution in [0.2, 0.25) is 0 Å². The van der Waals surface area contributed by atoms with Gasteiger partial charge in [0, 0.05) is 18.8 Å². The van der Waals surface area contributed by atoms with Crippen LogP contribution in [0.3, 0.4) is 0 Å². The lowest BCUT2D eigenvalue weighted by Crippen LogP contribution is -2.55. The van der Waals surface area contributed by atoms with E-state index >= 15 is 0 Å². The fourth-order valence-corrected chi connectivity index (χ4v) is 10.1. The molecule has 4 aliphatic rings.